The summed E-state index contributed by atoms with van der Waals surface area (Å²) in [5, 5.41) is 9.18. The molecule has 1 atom stereocenters. The molecule has 1 unspecified atom stereocenters. The van der Waals surface area contributed by atoms with Crippen molar-refractivity contribution in [1.82, 2.24) is 10.5 Å². The maximum absolute atomic E-state index is 12.3. The van der Waals surface area contributed by atoms with Gasteiger partial charge in [-0.2, -0.15) is 0 Å². The molecule has 1 aromatic heterocycles. The molecular weight excluding hydrogens is 274 g/mol. The molecule has 0 spiro atoms. The Morgan fingerprint density at radius 2 is 2.24 bits per heavy atom. The monoisotopic (exact) mass is 293 g/mol. The third-order valence-corrected chi connectivity index (χ3v) is 4.00. The summed E-state index contributed by atoms with van der Waals surface area (Å²) >= 11 is 0. The molecule has 7 nitrogen and oxygen atoms in total. The molecule has 2 aliphatic rings. The van der Waals surface area contributed by atoms with Crippen molar-refractivity contribution in [2.75, 3.05) is 18.5 Å². The lowest BCUT2D eigenvalue weighted by Gasteiger charge is -2.16. The van der Waals surface area contributed by atoms with Crippen LogP contribution in [-0.2, 0) is 14.3 Å². The number of hydrogen-bond acceptors (Lipinski definition) is 5. The van der Waals surface area contributed by atoms with Gasteiger partial charge in [0.05, 0.1) is 6.10 Å². The van der Waals surface area contributed by atoms with Crippen molar-refractivity contribution in [3.8, 4) is 0 Å². The van der Waals surface area contributed by atoms with Gasteiger partial charge in [0.25, 0.3) is 0 Å². The third-order valence-electron chi connectivity index (χ3n) is 4.00. The van der Waals surface area contributed by atoms with Crippen LogP contribution in [0.2, 0.25) is 0 Å². The molecule has 2 fully saturated rings. The number of carbonyl (C=O) groups excluding carboxylic acids is 2. The van der Waals surface area contributed by atoms with Gasteiger partial charge >= 0.3 is 0 Å². The van der Waals surface area contributed by atoms with Gasteiger partial charge in [-0.25, -0.2) is 0 Å². The smallest absolute Gasteiger partial charge is 0.241 e. The van der Waals surface area contributed by atoms with E-state index in [2.05, 4.69) is 15.8 Å². The molecule has 1 aromatic rings. The van der Waals surface area contributed by atoms with Crippen LogP contribution in [0.25, 0.3) is 0 Å². The number of amides is 2. The van der Waals surface area contributed by atoms with E-state index in [1.54, 1.807) is 13.0 Å². The van der Waals surface area contributed by atoms with E-state index in [-0.39, 0.29) is 17.9 Å². The highest BCUT2D eigenvalue weighted by atomic mass is 16.5. The Balaban J connectivity index is 1.55. The number of carbonyl (C=O) groups is 2. The predicted molar refractivity (Wildman–Crippen MR) is 73.5 cm³/mol. The molecule has 0 radical (unpaired) electrons. The second kappa shape index (κ2) is 5.48. The maximum atomic E-state index is 12.3. The summed E-state index contributed by atoms with van der Waals surface area (Å²) in [6.45, 7) is 2.96. The van der Waals surface area contributed by atoms with Crippen molar-refractivity contribution in [2.24, 2.45) is 5.41 Å². The van der Waals surface area contributed by atoms with Crippen LogP contribution in [0.3, 0.4) is 0 Å². The highest BCUT2D eigenvalue weighted by Gasteiger charge is 2.56. The summed E-state index contributed by atoms with van der Waals surface area (Å²) in [5.41, 5.74) is -0.953. The summed E-state index contributed by atoms with van der Waals surface area (Å²) < 4.78 is 10.3. The number of nitrogens with zero attached hydrogens (tertiary/aromatic N) is 1. The van der Waals surface area contributed by atoms with Gasteiger partial charge in [0.2, 0.25) is 11.8 Å². The van der Waals surface area contributed by atoms with Crippen LogP contribution in [0, 0.1) is 12.3 Å². The molecule has 2 N–H and O–H groups in total. The van der Waals surface area contributed by atoms with Gasteiger partial charge in [-0.1, -0.05) is 5.16 Å². The summed E-state index contributed by atoms with van der Waals surface area (Å²) in [6.07, 6.45) is 3.18. The summed E-state index contributed by atoms with van der Waals surface area (Å²) in [4.78, 5) is 24.5. The van der Waals surface area contributed by atoms with Gasteiger partial charge in [-0.3, -0.25) is 9.59 Å². The molecule has 0 bridgehead atoms. The molecule has 1 aliphatic heterocycles. The van der Waals surface area contributed by atoms with E-state index in [4.69, 9.17) is 9.26 Å². The highest BCUT2D eigenvalue weighted by molar-refractivity contribution is 6.12. The molecule has 3 rings (SSSR count). The Morgan fingerprint density at radius 1 is 1.43 bits per heavy atom. The average molecular weight is 293 g/mol. The Bertz CT molecular complexity index is 544. The highest BCUT2D eigenvalue weighted by Crippen LogP contribution is 2.46. The Labute approximate surface area is 122 Å². The number of aromatic nitrogens is 1. The van der Waals surface area contributed by atoms with Crippen LogP contribution in [0.5, 0.6) is 0 Å². The SMILES string of the molecule is Cc1cc(NC(=O)C2(C(=O)NCC3CCCO3)CC2)no1. The first-order valence-corrected chi connectivity index (χ1v) is 7.25. The lowest BCUT2D eigenvalue weighted by Crippen LogP contribution is -2.42. The zero-order valence-corrected chi connectivity index (χ0v) is 12.0. The third kappa shape index (κ3) is 2.92. The van der Waals surface area contributed by atoms with Gasteiger partial charge in [-0.15, -0.1) is 0 Å². The topological polar surface area (TPSA) is 93.5 Å². The van der Waals surface area contributed by atoms with E-state index < -0.39 is 5.41 Å². The largest absolute Gasteiger partial charge is 0.376 e. The summed E-state index contributed by atoms with van der Waals surface area (Å²) in [5.74, 6) is 0.407. The number of rotatable bonds is 5. The fourth-order valence-corrected chi connectivity index (χ4v) is 2.52. The number of hydrogen-bond donors (Lipinski definition) is 2. The van der Waals surface area contributed by atoms with E-state index in [0.717, 1.165) is 19.4 Å². The lowest BCUT2D eigenvalue weighted by molar-refractivity contribution is -0.134. The minimum absolute atomic E-state index is 0.0750. The van der Waals surface area contributed by atoms with Crippen molar-refractivity contribution in [1.29, 1.82) is 0 Å². The standard InChI is InChI=1S/C14H19N3O4/c1-9-7-11(17-21-9)16-13(19)14(4-5-14)12(18)15-8-10-3-2-6-20-10/h7,10H,2-6,8H2,1H3,(H,15,18)(H,16,17,19). The normalized spacial score (nSPS) is 22.8. The maximum Gasteiger partial charge on any atom is 0.241 e. The second-order valence-corrected chi connectivity index (χ2v) is 5.70. The van der Waals surface area contributed by atoms with Crippen molar-refractivity contribution in [2.45, 2.75) is 38.7 Å². The first-order valence-electron chi connectivity index (χ1n) is 7.25. The first kappa shape index (κ1) is 14.1. The van der Waals surface area contributed by atoms with Gasteiger partial charge < -0.3 is 19.9 Å². The zero-order chi connectivity index (χ0) is 14.9. The molecule has 0 aromatic carbocycles. The van der Waals surface area contributed by atoms with Crippen LogP contribution in [-0.4, -0.2) is 36.2 Å². The summed E-state index contributed by atoms with van der Waals surface area (Å²) in [7, 11) is 0. The zero-order valence-electron chi connectivity index (χ0n) is 12.0. The second-order valence-electron chi connectivity index (χ2n) is 5.70. The van der Waals surface area contributed by atoms with Crippen molar-refractivity contribution < 1.29 is 18.8 Å². The fourth-order valence-electron chi connectivity index (χ4n) is 2.52. The molecule has 1 aliphatic carbocycles. The van der Waals surface area contributed by atoms with Crippen LogP contribution in [0.1, 0.15) is 31.4 Å². The van der Waals surface area contributed by atoms with Crippen LogP contribution >= 0.6 is 0 Å². The van der Waals surface area contributed by atoms with Crippen molar-refractivity contribution in [3.63, 3.8) is 0 Å². The van der Waals surface area contributed by atoms with Crippen LogP contribution in [0.4, 0.5) is 5.82 Å². The Morgan fingerprint density at radius 3 is 2.81 bits per heavy atom. The quantitative estimate of drug-likeness (QED) is 0.790. The predicted octanol–water partition coefficient (Wildman–Crippen LogP) is 0.997. The average Bonchev–Trinajstić information content (AvgIpc) is 2.92. The first-order chi connectivity index (χ1) is 10.1. The molecule has 2 heterocycles. The Hall–Kier alpha value is -1.89. The molecule has 1 saturated heterocycles. The van der Waals surface area contributed by atoms with Gasteiger partial charge in [0.1, 0.15) is 11.2 Å². The fraction of sp³-hybridized carbons (Fsp3) is 0.643. The number of aryl methyl sites for hydroxylation is 1. The molecule has 7 heteroatoms. The molecular formula is C14H19N3O4. The Kier molecular flexibility index (Phi) is 3.67. The van der Waals surface area contributed by atoms with Crippen molar-refractivity contribution in [3.05, 3.63) is 11.8 Å². The minimum atomic E-state index is -0.953. The van der Waals surface area contributed by atoms with E-state index in [1.165, 1.54) is 0 Å². The van der Waals surface area contributed by atoms with E-state index >= 15 is 0 Å². The van der Waals surface area contributed by atoms with Crippen molar-refractivity contribution >= 4 is 17.6 Å². The van der Waals surface area contributed by atoms with E-state index in [0.29, 0.717) is 31.0 Å². The van der Waals surface area contributed by atoms with Crippen LogP contribution in [0.15, 0.2) is 10.6 Å². The van der Waals surface area contributed by atoms with Gasteiger partial charge in [-0.05, 0) is 32.6 Å². The molecule has 1 saturated carbocycles. The number of ether oxygens (including phenoxy) is 1. The number of nitrogens with one attached hydrogen (secondary N) is 2. The molecule has 21 heavy (non-hydrogen) atoms. The number of anilines is 1. The van der Waals surface area contributed by atoms with Gasteiger partial charge in [0, 0.05) is 19.2 Å². The van der Waals surface area contributed by atoms with E-state index in [1.807, 2.05) is 0 Å². The minimum Gasteiger partial charge on any atom is -0.376 e. The van der Waals surface area contributed by atoms with E-state index in [9.17, 15) is 9.59 Å². The van der Waals surface area contributed by atoms with Gasteiger partial charge in [0.15, 0.2) is 5.82 Å². The van der Waals surface area contributed by atoms with Crippen LogP contribution < -0.4 is 10.6 Å². The molecule has 2 amide bonds. The lowest BCUT2D eigenvalue weighted by atomic mass is 10.1. The summed E-state index contributed by atoms with van der Waals surface area (Å²) in [6, 6.07) is 1.62. The molecule has 114 valence electrons.